The maximum absolute atomic E-state index is 13.5. The van der Waals surface area contributed by atoms with Gasteiger partial charge in [0.2, 0.25) is 6.79 Å². The van der Waals surface area contributed by atoms with E-state index in [1.54, 1.807) is 18.1 Å². The zero-order chi connectivity index (χ0) is 27.0. The number of ether oxygens (including phenoxy) is 2. The number of hydrogen-bond acceptors (Lipinski definition) is 6. The lowest BCUT2D eigenvalue weighted by molar-refractivity contribution is -0.120. The SMILES string of the molecule is Cc1ccc(CC(=O)C2(c3ccc4c(c3)OCO4)CC2)cc1-c1ccc(CN(C)C(=O)c2cnccn2)cc1. The molecule has 0 atom stereocenters. The molecule has 3 aromatic carbocycles. The number of nitrogens with zero attached hydrogens (tertiary/aromatic N) is 3. The minimum absolute atomic E-state index is 0.172. The molecule has 0 saturated heterocycles. The van der Waals surface area contributed by atoms with Crippen molar-refractivity contribution in [1.82, 2.24) is 14.9 Å². The van der Waals surface area contributed by atoms with Crippen molar-refractivity contribution in [2.24, 2.45) is 0 Å². The summed E-state index contributed by atoms with van der Waals surface area (Å²) in [6.45, 7) is 2.77. The molecule has 0 unspecified atom stereocenters. The van der Waals surface area contributed by atoms with Gasteiger partial charge in [-0.2, -0.15) is 0 Å². The Morgan fingerprint density at radius 1 is 0.923 bits per heavy atom. The van der Waals surface area contributed by atoms with Crippen LogP contribution in [0.3, 0.4) is 0 Å². The molecule has 196 valence electrons. The lowest BCUT2D eigenvalue weighted by atomic mass is 9.87. The van der Waals surface area contributed by atoms with Gasteiger partial charge in [-0.25, -0.2) is 4.98 Å². The van der Waals surface area contributed by atoms with E-state index in [9.17, 15) is 9.59 Å². The summed E-state index contributed by atoms with van der Waals surface area (Å²) < 4.78 is 11.0. The minimum atomic E-state index is -0.428. The molecule has 0 radical (unpaired) electrons. The highest BCUT2D eigenvalue weighted by Gasteiger charge is 2.50. The zero-order valence-electron chi connectivity index (χ0n) is 22.0. The van der Waals surface area contributed by atoms with Crippen LogP contribution in [0.25, 0.3) is 11.1 Å². The number of rotatable bonds is 8. The lowest BCUT2D eigenvalue weighted by Crippen LogP contribution is -2.27. The summed E-state index contributed by atoms with van der Waals surface area (Å²) in [7, 11) is 1.76. The second-order valence-electron chi connectivity index (χ2n) is 10.3. The third kappa shape index (κ3) is 4.88. The number of carbonyl (C=O) groups is 2. The first-order valence-corrected chi connectivity index (χ1v) is 13.1. The summed E-state index contributed by atoms with van der Waals surface area (Å²) in [6.07, 6.45) is 6.64. The molecule has 1 fully saturated rings. The van der Waals surface area contributed by atoms with Crippen molar-refractivity contribution < 1.29 is 19.1 Å². The van der Waals surface area contributed by atoms with Gasteiger partial charge >= 0.3 is 0 Å². The molecule has 7 nitrogen and oxygen atoms in total. The van der Waals surface area contributed by atoms with Crippen molar-refractivity contribution in [3.05, 3.63) is 107 Å². The van der Waals surface area contributed by atoms with Crippen LogP contribution in [0.1, 0.15) is 45.6 Å². The molecule has 1 aliphatic heterocycles. The molecule has 4 aromatic rings. The number of aryl methyl sites for hydroxylation is 1. The van der Waals surface area contributed by atoms with E-state index >= 15 is 0 Å². The number of aromatic nitrogens is 2. The van der Waals surface area contributed by atoms with E-state index < -0.39 is 5.41 Å². The molecule has 39 heavy (non-hydrogen) atoms. The predicted molar refractivity (Wildman–Crippen MR) is 147 cm³/mol. The molecule has 0 N–H and O–H groups in total. The molecule has 1 saturated carbocycles. The summed E-state index contributed by atoms with van der Waals surface area (Å²) in [6, 6.07) is 20.3. The maximum atomic E-state index is 13.5. The Morgan fingerprint density at radius 2 is 1.69 bits per heavy atom. The summed E-state index contributed by atoms with van der Waals surface area (Å²) in [5, 5.41) is 0. The van der Waals surface area contributed by atoms with Gasteiger partial charge in [0.25, 0.3) is 5.91 Å². The standard InChI is InChI=1S/C32H29N3O4/c1-21-3-4-23(16-30(36)32(11-12-32)25-9-10-28-29(17-25)39-20-38-28)15-26(21)24-7-5-22(6-8-24)19-35(2)31(37)27-18-33-13-14-34-27/h3-10,13-15,17-18H,11-12,16,19-20H2,1-2H3. The smallest absolute Gasteiger partial charge is 0.274 e. The van der Waals surface area contributed by atoms with Gasteiger partial charge in [0.1, 0.15) is 11.5 Å². The van der Waals surface area contributed by atoms with E-state index in [-0.39, 0.29) is 18.5 Å². The highest BCUT2D eigenvalue weighted by Crippen LogP contribution is 2.51. The summed E-state index contributed by atoms with van der Waals surface area (Å²) in [5.41, 5.74) is 6.25. The number of hydrogen-bond donors (Lipinski definition) is 0. The topological polar surface area (TPSA) is 81.6 Å². The van der Waals surface area contributed by atoms with Gasteiger partial charge in [0.05, 0.1) is 11.6 Å². The minimum Gasteiger partial charge on any atom is -0.454 e. The van der Waals surface area contributed by atoms with Crippen molar-refractivity contribution in [3.8, 4) is 22.6 Å². The first-order valence-electron chi connectivity index (χ1n) is 13.1. The molecular weight excluding hydrogens is 490 g/mol. The Balaban J connectivity index is 1.16. The van der Waals surface area contributed by atoms with Crippen LogP contribution in [0.2, 0.25) is 0 Å². The summed E-state index contributed by atoms with van der Waals surface area (Å²) in [4.78, 5) is 35.8. The number of fused-ring (bicyclic) bond motifs is 1. The number of Topliss-reactive ketones (excluding diaryl/α,β-unsaturated/α-hetero) is 1. The van der Waals surface area contributed by atoms with Crippen LogP contribution < -0.4 is 9.47 Å². The predicted octanol–water partition coefficient (Wildman–Crippen LogP) is 5.30. The van der Waals surface area contributed by atoms with Crippen LogP contribution >= 0.6 is 0 Å². The second-order valence-corrected chi connectivity index (χ2v) is 10.3. The molecule has 2 heterocycles. The molecule has 0 bridgehead atoms. The van der Waals surface area contributed by atoms with Crippen LogP contribution in [0.4, 0.5) is 0 Å². The quantitative estimate of drug-likeness (QED) is 0.314. The molecule has 0 spiro atoms. The maximum Gasteiger partial charge on any atom is 0.274 e. The van der Waals surface area contributed by atoms with Crippen LogP contribution in [-0.2, 0) is 23.2 Å². The van der Waals surface area contributed by atoms with Crippen LogP contribution in [0.15, 0.2) is 79.3 Å². The van der Waals surface area contributed by atoms with Gasteiger partial charge in [-0.3, -0.25) is 14.6 Å². The number of amides is 1. The fourth-order valence-corrected chi connectivity index (χ4v) is 5.23. The summed E-state index contributed by atoms with van der Waals surface area (Å²) in [5.74, 6) is 1.52. The van der Waals surface area contributed by atoms with E-state index in [2.05, 4.69) is 41.2 Å². The molecule has 6 rings (SSSR count). The fourth-order valence-electron chi connectivity index (χ4n) is 5.23. The van der Waals surface area contributed by atoms with Crippen molar-refractivity contribution in [1.29, 1.82) is 0 Å². The van der Waals surface area contributed by atoms with Crippen molar-refractivity contribution in [3.63, 3.8) is 0 Å². The van der Waals surface area contributed by atoms with E-state index in [0.29, 0.717) is 18.7 Å². The number of carbonyl (C=O) groups excluding carboxylic acids is 2. The van der Waals surface area contributed by atoms with Crippen molar-refractivity contribution in [2.45, 2.75) is 38.1 Å². The molecule has 1 aromatic heterocycles. The first kappa shape index (κ1) is 24.8. The van der Waals surface area contributed by atoms with Gasteiger partial charge in [-0.1, -0.05) is 48.5 Å². The van der Waals surface area contributed by atoms with Gasteiger partial charge < -0.3 is 14.4 Å². The van der Waals surface area contributed by atoms with Crippen LogP contribution in [-0.4, -0.2) is 40.4 Å². The Bertz CT molecular complexity index is 1550. The first-order chi connectivity index (χ1) is 18.9. The molecule has 1 aliphatic carbocycles. The average Bonchev–Trinajstić information content (AvgIpc) is 3.65. The Morgan fingerprint density at radius 3 is 2.44 bits per heavy atom. The van der Waals surface area contributed by atoms with Gasteiger partial charge in [-0.15, -0.1) is 0 Å². The normalized spacial score (nSPS) is 14.6. The lowest BCUT2D eigenvalue weighted by Gasteiger charge is -2.17. The number of ketones is 1. The highest BCUT2D eigenvalue weighted by molar-refractivity contribution is 5.95. The van der Waals surface area contributed by atoms with Crippen molar-refractivity contribution >= 4 is 11.7 Å². The molecule has 7 heteroatoms. The van der Waals surface area contributed by atoms with Crippen LogP contribution in [0.5, 0.6) is 11.5 Å². The Hall–Kier alpha value is -4.52. The zero-order valence-corrected chi connectivity index (χ0v) is 22.0. The Labute approximate surface area is 227 Å². The van der Waals surface area contributed by atoms with Crippen molar-refractivity contribution in [2.75, 3.05) is 13.8 Å². The molecule has 2 aliphatic rings. The van der Waals surface area contributed by atoms with E-state index in [0.717, 1.165) is 57.7 Å². The fraction of sp³-hybridized carbons (Fsp3) is 0.250. The highest BCUT2D eigenvalue weighted by atomic mass is 16.7. The van der Waals surface area contributed by atoms with E-state index in [4.69, 9.17) is 9.47 Å². The summed E-state index contributed by atoms with van der Waals surface area (Å²) >= 11 is 0. The van der Waals surface area contributed by atoms with Crippen LogP contribution in [0, 0.1) is 6.92 Å². The second kappa shape index (κ2) is 9.98. The van der Waals surface area contributed by atoms with Gasteiger partial charge in [0.15, 0.2) is 11.5 Å². The monoisotopic (exact) mass is 519 g/mol. The van der Waals surface area contributed by atoms with Gasteiger partial charge in [0, 0.05) is 32.4 Å². The van der Waals surface area contributed by atoms with E-state index in [1.165, 1.54) is 12.4 Å². The molecular formula is C32H29N3O4. The third-order valence-corrected chi connectivity index (χ3v) is 7.69. The van der Waals surface area contributed by atoms with Gasteiger partial charge in [-0.05, 0) is 65.3 Å². The largest absolute Gasteiger partial charge is 0.454 e. The Kier molecular flexibility index (Phi) is 6.35. The third-order valence-electron chi connectivity index (χ3n) is 7.69. The molecule has 1 amide bonds. The number of benzene rings is 3. The van der Waals surface area contributed by atoms with E-state index in [1.807, 2.05) is 36.4 Å². The average molecular weight is 520 g/mol.